The highest BCUT2D eigenvalue weighted by Gasteiger charge is 2.18. The Balaban J connectivity index is 1.66. The second-order valence-corrected chi connectivity index (χ2v) is 7.36. The Morgan fingerprint density at radius 2 is 1.76 bits per heavy atom. The van der Waals surface area contributed by atoms with Crippen molar-refractivity contribution in [1.82, 2.24) is 20.3 Å². The number of anilines is 1. The molecule has 0 aliphatic rings. The van der Waals surface area contributed by atoms with Crippen molar-refractivity contribution in [2.24, 2.45) is 0 Å². The van der Waals surface area contributed by atoms with Gasteiger partial charge in [0.15, 0.2) is 5.69 Å². The van der Waals surface area contributed by atoms with Crippen LogP contribution in [0.4, 0.5) is 5.69 Å². The predicted octanol–water partition coefficient (Wildman–Crippen LogP) is 3.52. The number of rotatable bonds is 5. The van der Waals surface area contributed by atoms with E-state index in [1.165, 1.54) is 4.68 Å². The van der Waals surface area contributed by atoms with Gasteiger partial charge in [0.25, 0.3) is 5.91 Å². The molecule has 0 bridgehead atoms. The zero-order chi connectivity index (χ0) is 21.1. The molecule has 0 saturated heterocycles. The van der Waals surface area contributed by atoms with Crippen LogP contribution in [-0.2, 0) is 4.79 Å². The SMILES string of the molecule is Cc1cc(C)c(NC(=O)CNC(=O)c2nnn(-c3cccc(Cl)c3)c2C)c(C)c1. The van der Waals surface area contributed by atoms with Crippen molar-refractivity contribution in [3.05, 3.63) is 69.5 Å². The molecule has 2 N–H and O–H groups in total. The Hall–Kier alpha value is -3.19. The number of benzene rings is 2. The maximum Gasteiger partial charge on any atom is 0.274 e. The smallest absolute Gasteiger partial charge is 0.274 e. The number of aromatic nitrogens is 3. The number of aryl methyl sites for hydroxylation is 3. The molecular formula is C21H22ClN5O2. The van der Waals surface area contributed by atoms with Crippen LogP contribution in [0.2, 0.25) is 5.02 Å². The summed E-state index contributed by atoms with van der Waals surface area (Å²) in [5.41, 5.74) is 5.24. The molecule has 2 amide bonds. The average Bonchev–Trinajstić information content (AvgIpc) is 3.04. The Morgan fingerprint density at radius 1 is 1.07 bits per heavy atom. The van der Waals surface area contributed by atoms with Crippen molar-refractivity contribution < 1.29 is 9.59 Å². The summed E-state index contributed by atoms with van der Waals surface area (Å²) in [7, 11) is 0. The zero-order valence-electron chi connectivity index (χ0n) is 16.7. The number of hydrogen-bond donors (Lipinski definition) is 2. The van der Waals surface area contributed by atoms with E-state index >= 15 is 0 Å². The minimum atomic E-state index is -0.469. The molecule has 8 heteroatoms. The third-order valence-electron chi connectivity index (χ3n) is 4.51. The van der Waals surface area contributed by atoms with Crippen molar-refractivity contribution in [1.29, 1.82) is 0 Å². The molecular weight excluding hydrogens is 390 g/mol. The molecule has 3 rings (SSSR count). The van der Waals surface area contributed by atoms with Crippen LogP contribution in [0.3, 0.4) is 0 Å². The van der Waals surface area contributed by atoms with E-state index < -0.39 is 5.91 Å². The molecule has 7 nitrogen and oxygen atoms in total. The van der Waals surface area contributed by atoms with Crippen LogP contribution in [0, 0.1) is 27.7 Å². The summed E-state index contributed by atoms with van der Waals surface area (Å²) in [6.45, 7) is 7.44. The summed E-state index contributed by atoms with van der Waals surface area (Å²) >= 11 is 6.01. The molecule has 2 aromatic carbocycles. The van der Waals surface area contributed by atoms with E-state index in [4.69, 9.17) is 11.6 Å². The van der Waals surface area contributed by atoms with Crippen molar-refractivity contribution in [3.63, 3.8) is 0 Å². The van der Waals surface area contributed by atoms with Gasteiger partial charge in [-0.15, -0.1) is 5.10 Å². The minimum absolute atomic E-state index is 0.153. The lowest BCUT2D eigenvalue weighted by Gasteiger charge is -2.13. The summed E-state index contributed by atoms with van der Waals surface area (Å²) < 4.78 is 1.53. The van der Waals surface area contributed by atoms with Crippen molar-refractivity contribution in [3.8, 4) is 5.69 Å². The standard InChI is InChI=1S/C21H22ClN5O2/c1-12-8-13(2)19(14(3)9-12)24-18(28)11-23-21(29)20-15(4)27(26-25-20)17-7-5-6-16(22)10-17/h5-10H,11H2,1-4H3,(H,23,29)(H,24,28). The molecule has 0 aliphatic carbocycles. The summed E-state index contributed by atoms with van der Waals surface area (Å²) in [4.78, 5) is 24.8. The van der Waals surface area contributed by atoms with Crippen LogP contribution in [0.1, 0.15) is 32.9 Å². The van der Waals surface area contributed by atoms with Crippen molar-refractivity contribution >= 4 is 29.1 Å². The summed E-state index contributed by atoms with van der Waals surface area (Å²) in [5.74, 6) is -0.781. The van der Waals surface area contributed by atoms with Crippen LogP contribution in [0.5, 0.6) is 0 Å². The van der Waals surface area contributed by atoms with Gasteiger partial charge >= 0.3 is 0 Å². The molecule has 0 unspecified atom stereocenters. The molecule has 0 fully saturated rings. The number of carbonyl (C=O) groups is 2. The maximum atomic E-state index is 12.5. The monoisotopic (exact) mass is 411 g/mol. The van der Waals surface area contributed by atoms with Crippen molar-refractivity contribution in [2.45, 2.75) is 27.7 Å². The van der Waals surface area contributed by atoms with Gasteiger partial charge in [-0.05, 0) is 57.0 Å². The number of carbonyl (C=O) groups excluding carboxylic acids is 2. The Bertz CT molecular complexity index is 1070. The minimum Gasteiger partial charge on any atom is -0.342 e. The molecule has 3 aromatic rings. The third kappa shape index (κ3) is 4.63. The molecule has 1 heterocycles. The fourth-order valence-electron chi connectivity index (χ4n) is 3.20. The van der Waals surface area contributed by atoms with Gasteiger partial charge in [0.05, 0.1) is 17.9 Å². The predicted molar refractivity (Wildman–Crippen MR) is 113 cm³/mol. The van der Waals surface area contributed by atoms with Crippen LogP contribution in [0.25, 0.3) is 5.69 Å². The van der Waals surface area contributed by atoms with Crippen LogP contribution >= 0.6 is 11.6 Å². The second kappa shape index (κ2) is 8.45. The number of nitrogens with zero attached hydrogens (tertiary/aromatic N) is 3. The molecule has 0 saturated carbocycles. The van der Waals surface area contributed by atoms with Crippen LogP contribution in [0.15, 0.2) is 36.4 Å². The first-order valence-electron chi connectivity index (χ1n) is 9.10. The normalized spacial score (nSPS) is 10.7. The quantitative estimate of drug-likeness (QED) is 0.672. The molecule has 29 heavy (non-hydrogen) atoms. The number of hydrogen-bond acceptors (Lipinski definition) is 4. The number of halogens is 1. The first-order chi connectivity index (χ1) is 13.8. The summed E-state index contributed by atoms with van der Waals surface area (Å²) in [6, 6.07) is 11.1. The molecule has 150 valence electrons. The lowest BCUT2D eigenvalue weighted by molar-refractivity contribution is -0.115. The van der Waals surface area contributed by atoms with Gasteiger partial charge in [0.2, 0.25) is 5.91 Å². The molecule has 0 spiro atoms. The van der Waals surface area contributed by atoms with Crippen LogP contribution < -0.4 is 10.6 Å². The largest absolute Gasteiger partial charge is 0.342 e. The Labute approximate surface area is 174 Å². The van der Waals surface area contributed by atoms with Gasteiger partial charge in [-0.1, -0.05) is 40.6 Å². The summed E-state index contributed by atoms with van der Waals surface area (Å²) in [5, 5.41) is 14.0. The van der Waals surface area contributed by atoms with Gasteiger partial charge in [0.1, 0.15) is 0 Å². The third-order valence-corrected chi connectivity index (χ3v) is 4.75. The van der Waals surface area contributed by atoms with Gasteiger partial charge < -0.3 is 10.6 Å². The van der Waals surface area contributed by atoms with Gasteiger partial charge in [-0.25, -0.2) is 4.68 Å². The van der Waals surface area contributed by atoms with E-state index in [-0.39, 0.29) is 18.1 Å². The second-order valence-electron chi connectivity index (χ2n) is 6.92. The number of nitrogens with one attached hydrogen (secondary N) is 2. The first-order valence-corrected chi connectivity index (χ1v) is 9.48. The lowest BCUT2D eigenvalue weighted by Crippen LogP contribution is -2.33. The lowest BCUT2D eigenvalue weighted by atomic mass is 10.1. The van der Waals surface area contributed by atoms with Gasteiger partial charge in [-0.2, -0.15) is 0 Å². The number of amides is 2. The Morgan fingerprint density at radius 3 is 2.41 bits per heavy atom. The topological polar surface area (TPSA) is 88.9 Å². The van der Waals surface area contributed by atoms with E-state index in [1.54, 1.807) is 25.1 Å². The van der Waals surface area contributed by atoms with E-state index in [0.29, 0.717) is 16.4 Å². The highest BCUT2D eigenvalue weighted by Crippen LogP contribution is 2.21. The van der Waals surface area contributed by atoms with E-state index in [9.17, 15) is 9.59 Å². The molecule has 1 aromatic heterocycles. The average molecular weight is 412 g/mol. The molecule has 0 radical (unpaired) electrons. The molecule has 0 atom stereocenters. The fraction of sp³-hybridized carbons (Fsp3) is 0.238. The highest BCUT2D eigenvalue weighted by molar-refractivity contribution is 6.30. The molecule has 0 aliphatic heterocycles. The van der Waals surface area contributed by atoms with Crippen LogP contribution in [-0.4, -0.2) is 33.4 Å². The van der Waals surface area contributed by atoms with Gasteiger partial charge in [-0.3, -0.25) is 9.59 Å². The zero-order valence-corrected chi connectivity index (χ0v) is 17.5. The van der Waals surface area contributed by atoms with E-state index in [1.807, 2.05) is 39.0 Å². The maximum absolute atomic E-state index is 12.5. The Kier molecular flexibility index (Phi) is 5.98. The fourth-order valence-corrected chi connectivity index (χ4v) is 3.38. The van der Waals surface area contributed by atoms with E-state index in [0.717, 1.165) is 22.4 Å². The highest BCUT2D eigenvalue weighted by atomic mass is 35.5. The van der Waals surface area contributed by atoms with Crippen molar-refractivity contribution in [2.75, 3.05) is 11.9 Å². The summed E-state index contributed by atoms with van der Waals surface area (Å²) in [6.07, 6.45) is 0. The van der Waals surface area contributed by atoms with E-state index in [2.05, 4.69) is 20.9 Å². The first kappa shape index (κ1) is 20.5. The van der Waals surface area contributed by atoms with Gasteiger partial charge in [0, 0.05) is 10.7 Å².